The summed E-state index contributed by atoms with van der Waals surface area (Å²) in [4.78, 5) is 12.2. The van der Waals surface area contributed by atoms with Crippen LogP contribution in [0.15, 0.2) is 66.7 Å². The minimum atomic E-state index is -0.266. The highest BCUT2D eigenvalue weighted by Crippen LogP contribution is 2.45. The molecule has 0 saturated heterocycles. The van der Waals surface area contributed by atoms with E-state index < -0.39 is 0 Å². The van der Waals surface area contributed by atoms with Gasteiger partial charge in [0.15, 0.2) is 0 Å². The number of ether oxygens (including phenoxy) is 2. The summed E-state index contributed by atoms with van der Waals surface area (Å²) in [5.41, 5.74) is 6.41. The fourth-order valence-corrected chi connectivity index (χ4v) is 4.60. The Morgan fingerprint density at radius 1 is 1.03 bits per heavy atom. The lowest BCUT2D eigenvalue weighted by Crippen LogP contribution is -2.35. The summed E-state index contributed by atoms with van der Waals surface area (Å²) in [6.07, 6.45) is 1.04. The lowest BCUT2D eigenvalue weighted by Gasteiger charge is -2.41. The third kappa shape index (κ3) is 5.05. The van der Waals surface area contributed by atoms with Crippen LogP contribution in [0.25, 0.3) is 11.1 Å². The first kappa shape index (κ1) is 22.9. The van der Waals surface area contributed by atoms with E-state index in [-0.39, 0.29) is 23.5 Å². The number of anilines is 1. The molecule has 4 heteroatoms. The Morgan fingerprint density at radius 2 is 1.79 bits per heavy atom. The molecule has 1 atom stereocenters. The highest BCUT2D eigenvalue weighted by Gasteiger charge is 2.36. The van der Waals surface area contributed by atoms with E-state index in [1.54, 1.807) is 0 Å². The molecule has 4 nitrogen and oxygen atoms in total. The van der Waals surface area contributed by atoms with E-state index in [1.165, 1.54) is 16.7 Å². The summed E-state index contributed by atoms with van der Waals surface area (Å²) in [5.74, 6) is 0.622. The van der Waals surface area contributed by atoms with Gasteiger partial charge < -0.3 is 14.8 Å². The zero-order valence-electron chi connectivity index (χ0n) is 20.1. The molecule has 1 aliphatic heterocycles. The summed E-state index contributed by atoms with van der Waals surface area (Å²) in [5, 5.41) is 3.74. The Labute approximate surface area is 196 Å². The van der Waals surface area contributed by atoms with Crippen molar-refractivity contribution in [1.29, 1.82) is 0 Å². The molecule has 0 spiro atoms. The van der Waals surface area contributed by atoms with Gasteiger partial charge in [0.05, 0.1) is 24.3 Å². The highest BCUT2D eigenvalue weighted by atomic mass is 16.5. The number of nitrogens with one attached hydrogen (secondary N) is 1. The van der Waals surface area contributed by atoms with E-state index in [0.717, 1.165) is 23.4 Å². The van der Waals surface area contributed by atoms with Crippen LogP contribution < -0.4 is 10.1 Å². The number of esters is 1. The number of hydrogen-bond acceptors (Lipinski definition) is 4. The summed E-state index contributed by atoms with van der Waals surface area (Å²) in [6.45, 7) is 10.8. The summed E-state index contributed by atoms with van der Waals surface area (Å²) < 4.78 is 11.0. The van der Waals surface area contributed by atoms with Crippen molar-refractivity contribution >= 4 is 11.7 Å². The van der Waals surface area contributed by atoms with Gasteiger partial charge >= 0.3 is 5.97 Å². The molecule has 0 aromatic heterocycles. The van der Waals surface area contributed by atoms with Gasteiger partial charge in [-0.1, -0.05) is 44.2 Å². The first-order valence-corrected chi connectivity index (χ1v) is 11.7. The topological polar surface area (TPSA) is 47.6 Å². The number of carbonyl (C=O) groups excluding carboxylic acids is 1. The molecule has 1 heterocycles. The zero-order valence-corrected chi connectivity index (χ0v) is 20.1. The maximum Gasteiger partial charge on any atom is 0.338 e. The predicted molar refractivity (Wildman–Crippen MR) is 134 cm³/mol. The first-order chi connectivity index (χ1) is 15.8. The fourth-order valence-electron chi connectivity index (χ4n) is 4.60. The number of fused-ring (bicyclic) bond motifs is 1. The third-order valence-electron chi connectivity index (χ3n) is 6.12. The number of benzene rings is 3. The fraction of sp³-hybridized carbons (Fsp3) is 0.345. The van der Waals surface area contributed by atoms with Gasteiger partial charge in [-0.3, -0.25) is 0 Å². The van der Waals surface area contributed by atoms with Gasteiger partial charge in [0.1, 0.15) is 5.75 Å². The zero-order chi connectivity index (χ0) is 23.6. The molecular weight excluding hydrogens is 410 g/mol. The van der Waals surface area contributed by atoms with Crippen LogP contribution in [-0.2, 0) is 11.2 Å². The number of rotatable bonds is 6. The minimum absolute atomic E-state index is 0.0339. The van der Waals surface area contributed by atoms with E-state index in [9.17, 15) is 4.79 Å². The average Bonchev–Trinajstić information content (AvgIpc) is 2.78. The van der Waals surface area contributed by atoms with E-state index in [1.807, 2.05) is 51.1 Å². The van der Waals surface area contributed by atoms with Gasteiger partial charge in [-0.15, -0.1) is 0 Å². The van der Waals surface area contributed by atoms with Crippen molar-refractivity contribution in [3.05, 3.63) is 83.4 Å². The molecule has 0 radical (unpaired) electrons. The van der Waals surface area contributed by atoms with Gasteiger partial charge in [-0.2, -0.15) is 0 Å². The van der Waals surface area contributed by atoms with E-state index in [4.69, 9.17) is 9.47 Å². The molecule has 0 amide bonds. The Hall–Kier alpha value is -3.27. The van der Waals surface area contributed by atoms with Crippen LogP contribution >= 0.6 is 0 Å². The molecule has 1 N–H and O–H groups in total. The standard InChI is InChI=1S/C29H33NO3/c1-6-32-28(31)23-12-15-26-24(17-23)18-29(4,5)27(30-26)22-9-7-8-21(16-22)20-10-13-25(14-11-20)33-19(2)3/h7-17,19,27,30H,6,18H2,1-5H3. The number of carbonyl (C=O) groups is 1. The monoisotopic (exact) mass is 443 g/mol. The van der Waals surface area contributed by atoms with Crippen molar-refractivity contribution in [3.63, 3.8) is 0 Å². The Morgan fingerprint density at radius 3 is 2.48 bits per heavy atom. The average molecular weight is 444 g/mol. The minimum Gasteiger partial charge on any atom is -0.491 e. The normalized spacial score (nSPS) is 16.6. The molecule has 33 heavy (non-hydrogen) atoms. The second-order valence-electron chi connectivity index (χ2n) is 9.65. The predicted octanol–water partition coefficient (Wildman–Crippen LogP) is 7.05. The van der Waals surface area contributed by atoms with Crippen LogP contribution in [-0.4, -0.2) is 18.7 Å². The lowest BCUT2D eigenvalue weighted by atomic mass is 9.72. The molecule has 0 saturated carbocycles. The second-order valence-corrected chi connectivity index (χ2v) is 9.65. The molecule has 1 aliphatic rings. The summed E-state index contributed by atoms with van der Waals surface area (Å²) in [6, 6.07) is 23.0. The van der Waals surface area contributed by atoms with Crippen molar-refractivity contribution in [1.82, 2.24) is 0 Å². The molecule has 172 valence electrons. The van der Waals surface area contributed by atoms with Crippen LogP contribution in [0.1, 0.15) is 62.1 Å². The molecular formula is C29H33NO3. The summed E-state index contributed by atoms with van der Waals surface area (Å²) >= 11 is 0. The Bertz CT molecular complexity index is 1130. The maximum atomic E-state index is 12.2. The van der Waals surface area contributed by atoms with Crippen LogP contribution in [0.5, 0.6) is 5.75 Å². The van der Waals surface area contributed by atoms with Crippen molar-refractivity contribution in [2.45, 2.75) is 53.2 Å². The number of hydrogen-bond donors (Lipinski definition) is 1. The Kier molecular flexibility index (Phi) is 6.46. The first-order valence-electron chi connectivity index (χ1n) is 11.7. The van der Waals surface area contributed by atoms with Gasteiger partial charge in [-0.05, 0) is 91.3 Å². The van der Waals surface area contributed by atoms with Crippen LogP contribution in [0.4, 0.5) is 5.69 Å². The van der Waals surface area contributed by atoms with E-state index in [2.05, 4.69) is 55.6 Å². The van der Waals surface area contributed by atoms with Gasteiger partial charge in [0, 0.05) is 5.69 Å². The van der Waals surface area contributed by atoms with Crippen LogP contribution in [0.3, 0.4) is 0 Å². The van der Waals surface area contributed by atoms with Crippen molar-refractivity contribution in [2.75, 3.05) is 11.9 Å². The van der Waals surface area contributed by atoms with E-state index in [0.29, 0.717) is 12.2 Å². The quantitative estimate of drug-likeness (QED) is 0.415. The molecule has 0 fully saturated rings. The van der Waals surface area contributed by atoms with E-state index >= 15 is 0 Å². The lowest BCUT2D eigenvalue weighted by molar-refractivity contribution is 0.0526. The third-order valence-corrected chi connectivity index (χ3v) is 6.12. The van der Waals surface area contributed by atoms with Crippen molar-refractivity contribution < 1.29 is 14.3 Å². The smallest absolute Gasteiger partial charge is 0.338 e. The van der Waals surface area contributed by atoms with Crippen LogP contribution in [0, 0.1) is 5.41 Å². The Balaban J connectivity index is 1.60. The van der Waals surface area contributed by atoms with Gasteiger partial charge in [-0.25, -0.2) is 4.79 Å². The van der Waals surface area contributed by atoms with Crippen LogP contribution in [0.2, 0.25) is 0 Å². The molecule has 0 aliphatic carbocycles. The summed E-state index contributed by atoms with van der Waals surface area (Å²) in [7, 11) is 0. The SMILES string of the molecule is CCOC(=O)c1ccc2c(c1)CC(C)(C)C(c1cccc(-c3ccc(OC(C)C)cc3)c1)N2. The van der Waals surface area contributed by atoms with Crippen molar-refractivity contribution in [3.8, 4) is 16.9 Å². The molecule has 0 bridgehead atoms. The molecule has 1 unspecified atom stereocenters. The second kappa shape index (κ2) is 9.30. The largest absolute Gasteiger partial charge is 0.491 e. The van der Waals surface area contributed by atoms with Crippen molar-refractivity contribution in [2.24, 2.45) is 5.41 Å². The highest BCUT2D eigenvalue weighted by molar-refractivity contribution is 5.90. The molecule has 4 rings (SSSR count). The molecule has 3 aromatic carbocycles. The van der Waals surface area contributed by atoms with Gasteiger partial charge in [0.2, 0.25) is 0 Å². The van der Waals surface area contributed by atoms with Gasteiger partial charge in [0.25, 0.3) is 0 Å². The maximum absolute atomic E-state index is 12.2. The molecule has 3 aromatic rings.